The Hall–Kier alpha value is -1.82. The molecular formula is C15H17NO4S. The summed E-state index contributed by atoms with van der Waals surface area (Å²) < 4.78 is 5.55. The molecule has 0 saturated heterocycles. The Morgan fingerprint density at radius 1 is 1.38 bits per heavy atom. The predicted molar refractivity (Wildman–Crippen MR) is 81.7 cm³/mol. The highest BCUT2D eigenvalue weighted by Gasteiger charge is 2.29. The molecule has 0 spiro atoms. The summed E-state index contributed by atoms with van der Waals surface area (Å²) in [5.41, 5.74) is 1.98. The van der Waals surface area contributed by atoms with Gasteiger partial charge < -0.3 is 9.52 Å². The van der Waals surface area contributed by atoms with Gasteiger partial charge in [0.25, 0.3) is 0 Å². The molecule has 112 valence electrons. The number of carboxylic acid groups (broad SMARTS) is 1. The number of hydrogen-bond acceptors (Lipinski definition) is 4. The summed E-state index contributed by atoms with van der Waals surface area (Å²) in [6.07, 6.45) is -0.254. The Labute approximate surface area is 127 Å². The van der Waals surface area contributed by atoms with Gasteiger partial charge in [-0.3, -0.25) is 9.59 Å². The lowest BCUT2D eigenvalue weighted by molar-refractivity contribution is -0.140. The van der Waals surface area contributed by atoms with E-state index in [9.17, 15) is 14.7 Å². The molecule has 1 unspecified atom stereocenters. The maximum atomic E-state index is 11.3. The van der Waals surface area contributed by atoms with E-state index >= 15 is 0 Å². The number of carbonyl (C=O) groups excluding carboxylic acids is 1. The molecule has 1 heterocycles. The van der Waals surface area contributed by atoms with Crippen LogP contribution in [0.25, 0.3) is 11.1 Å². The van der Waals surface area contributed by atoms with Crippen LogP contribution >= 0.6 is 12.6 Å². The molecule has 0 aliphatic carbocycles. The van der Waals surface area contributed by atoms with Crippen LogP contribution in [0.1, 0.15) is 44.6 Å². The smallest absolute Gasteiger partial charge is 0.316 e. The van der Waals surface area contributed by atoms with E-state index in [1.807, 2.05) is 32.9 Å². The number of para-hydroxylation sites is 1. The van der Waals surface area contributed by atoms with E-state index in [0.717, 1.165) is 5.56 Å². The Morgan fingerprint density at radius 3 is 2.57 bits per heavy atom. The van der Waals surface area contributed by atoms with Gasteiger partial charge in [-0.05, 0) is 17.0 Å². The van der Waals surface area contributed by atoms with Crippen molar-refractivity contribution in [3.8, 4) is 0 Å². The molecule has 1 N–H and O–H groups in total. The highest BCUT2D eigenvalue weighted by molar-refractivity contribution is 7.96. The second-order valence-corrected chi connectivity index (χ2v) is 6.44. The van der Waals surface area contributed by atoms with Gasteiger partial charge in [-0.25, -0.2) is 4.98 Å². The lowest BCUT2D eigenvalue weighted by Gasteiger charge is -2.18. The van der Waals surface area contributed by atoms with Crippen LogP contribution in [0.4, 0.5) is 0 Å². The molecule has 6 heteroatoms. The first kappa shape index (κ1) is 15.6. The number of aliphatic carboxylic acids is 1. The van der Waals surface area contributed by atoms with Crippen molar-refractivity contribution in [3.63, 3.8) is 0 Å². The average molecular weight is 307 g/mol. The Kier molecular flexibility index (Phi) is 4.09. The van der Waals surface area contributed by atoms with Crippen molar-refractivity contribution in [2.24, 2.45) is 0 Å². The number of thiol groups is 1. The van der Waals surface area contributed by atoms with Crippen molar-refractivity contribution in [1.82, 2.24) is 4.98 Å². The summed E-state index contributed by atoms with van der Waals surface area (Å²) in [7, 11) is 0. The highest BCUT2D eigenvalue weighted by Crippen LogP contribution is 2.32. The van der Waals surface area contributed by atoms with Crippen LogP contribution in [-0.2, 0) is 15.0 Å². The summed E-state index contributed by atoms with van der Waals surface area (Å²) in [6, 6.07) is 5.52. The van der Waals surface area contributed by atoms with Crippen molar-refractivity contribution in [2.45, 2.75) is 38.5 Å². The van der Waals surface area contributed by atoms with Gasteiger partial charge in [0.1, 0.15) is 11.4 Å². The van der Waals surface area contributed by atoms with Crippen LogP contribution in [-0.4, -0.2) is 21.2 Å². The molecule has 1 aromatic heterocycles. The van der Waals surface area contributed by atoms with Crippen LogP contribution in [0.5, 0.6) is 0 Å². The third-order valence-corrected chi connectivity index (χ3v) is 3.40. The molecule has 21 heavy (non-hydrogen) atoms. The third kappa shape index (κ3) is 3.26. The summed E-state index contributed by atoms with van der Waals surface area (Å²) in [4.78, 5) is 26.7. The Morgan fingerprint density at radius 2 is 2.05 bits per heavy atom. The fourth-order valence-corrected chi connectivity index (χ4v) is 2.36. The van der Waals surface area contributed by atoms with Crippen molar-refractivity contribution < 1.29 is 19.1 Å². The number of carbonyl (C=O) groups is 2. The molecule has 1 atom stereocenters. The van der Waals surface area contributed by atoms with Gasteiger partial charge in [-0.2, -0.15) is 0 Å². The number of hydrogen-bond donors (Lipinski definition) is 2. The molecular weight excluding hydrogens is 290 g/mol. The van der Waals surface area contributed by atoms with Crippen LogP contribution in [0.15, 0.2) is 22.6 Å². The topological polar surface area (TPSA) is 80.4 Å². The first-order chi connectivity index (χ1) is 9.70. The minimum absolute atomic E-state index is 0.0385. The normalized spacial score (nSPS) is 13.3. The minimum atomic E-state index is -1.15. The molecule has 0 radical (unpaired) electrons. The van der Waals surface area contributed by atoms with Crippen LogP contribution < -0.4 is 0 Å². The molecule has 0 aliphatic heterocycles. The largest absolute Gasteiger partial charge is 0.481 e. The summed E-state index contributed by atoms with van der Waals surface area (Å²) in [5.74, 6) is -2.23. The SMILES string of the molecule is CC(C)(C)c1cccc2oc(C(CC(=O)S)C(=O)O)nc12. The lowest BCUT2D eigenvalue weighted by atomic mass is 9.86. The van der Waals surface area contributed by atoms with E-state index in [1.54, 1.807) is 6.07 Å². The van der Waals surface area contributed by atoms with E-state index in [4.69, 9.17) is 4.42 Å². The summed E-state index contributed by atoms with van der Waals surface area (Å²) in [5, 5.41) is 8.73. The first-order valence-electron chi connectivity index (χ1n) is 6.54. The van der Waals surface area contributed by atoms with E-state index < -0.39 is 17.0 Å². The number of aromatic nitrogens is 1. The molecule has 0 fully saturated rings. The van der Waals surface area contributed by atoms with Crippen LogP contribution in [0.2, 0.25) is 0 Å². The second-order valence-electron chi connectivity index (χ2n) is 5.94. The minimum Gasteiger partial charge on any atom is -0.481 e. The van der Waals surface area contributed by atoms with Crippen molar-refractivity contribution in [1.29, 1.82) is 0 Å². The molecule has 5 nitrogen and oxygen atoms in total. The second kappa shape index (κ2) is 5.52. The van der Waals surface area contributed by atoms with Crippen molar-refractivity contribution in [3.05, 3.63) is 29.7 Å². The van der Waals surface area contributed by atoms with Crippen LogP contribution in [0.3, 0.4) is 0 Å². The zero-order chi connectivity index (χ0) is 15.8. The average Bonchev–Trinajstić information content (AvgIpc) is 2.76. The lowest BCUT2D eigenvalue weighted by Crippen LogP contribution is -2.15. The van der Waals surface area contributed by atoms with Gasteiger partial charge in [0.2, 0.25) is 5.89 Å². The quantitative estimate of drug-likeness (QED) is 0.848. The maximum absolute atomic E-state index is 11.3. The molecule has 2 rings (SSSR count). The number of oxazole rings is 1. The van der Waals surface area contributed by atoms with Gasteiger partial charge in [0, 0.05) is 6.42 Å². The van der Waals surface area contributed by atoms with Gasteiger partial charge in [0.05, 0.1) is 0 Å². The van der Waals surface area contributed by atoms with Gasteiger partial charge >= 0.3 is 5.97 Å². The molecule has 0 amide bonds. The summed E-state index contributed by atoms with van der Waals surface area (Å²) in [6.45, 7) is 6.13. The molecule has 0 saturated carbocycles. The highest BCUT2D eigenvalue weighted by atomic mass is 32.1. The fraction of sp³-hybridized carbons (Fsp3) is 0.400. The first-order valence-corrected chi connectivity index (χ1v) is 6.99. The van der Waals surface area contributed by atoms with E-state index in [1.165, 1.54) is 0 Å². The number of benzene rings is 1. The standard InChI is InChI=1S/C15H17NO4S/c1-15(2,3)9-5-4-6-10-12(9)16-13(20-10)8(14(18)19)7-11(17)21/h4-6,8H,7H2,1-3H3,(H,17,21)(H,18,19). The maximum Gasteiger partial charge on any atom is 0.316 e. The van der Waals surface area contributed by atoms with Crippen molar-refractivity contribution >= 4 is 34.8 Å². The number of fused-ring (bicyclic) bond motifs is 1. The molecule has 2 aromatic rings. The Balaban J connectivity index is 2.56. The monoisotopic (exact) mass is 307 g/mol. The van der Waals surface area contributed by atoms with Crippen LogP contribution in [0, 0.1) is 0 Å². The van der Waals surface area contributed by atoms with Gasteiger partial charge in [-0.1, -0.05) is 32.9 Å². The number of nitrogens with zero attached hydrogens (tertiary/aromatic N) is 1. The van der Waals surface area contributed by atoms with Crippen molar-refractivity contribution in [2.75, 3.05) is 0 Å². The fourth-order valence-electron chi connectivity index (χ4n) is 2.17. The number of carboxylic acids is 1. The zero-order valence-corrected chi connectivity index (χ0v) is 13.0. The van der Waals surface area contributed by atoms with E-state index in [0.29, 0.717) is 11.1 Å². The molecule has 0 bridgehead atoms. The molecule has 1 aromatic carbocycles. The Bertz CT molecular complexity index is 699. The van der Waals surface area contributed by atoms with E-state index in [2.05, 4.69) is 17.6 Å². The molecule has 0 aliphatic rings. The zero-order valence-electron chi connectivity index (χ0n) is 12.1. The van der Waals surface area contributed by atoms with Gasteiger partial charge in [-0.15, -0.1) is 12.6 Å². The third-order valence-electron chi connectivity index (χ3n) is 3.22. The number of rotatable bonds is 4. The predicted octanol–water partition coefficient (Wildman–Crippen LogP) is 3.14. The van der Waals surface area contributed by atoms with E-state index in [-0.39, 0.29) is 17.7 Å². The van der Waals surface area contributed by atoms with Gasteiger partial charge in [0.15, 0.2) is 10.7 Å². The summed E-state index contributed by atoms with van der Waals surface area (Å²) >= 11 is 3.64.